The van der Waals surface area contributed by atoms with E-state index >= 15 is 0 Å². The van der Waals surface area contributed by atoms with Crippen LogP contribution in [0.4, 0.5) is 14.5 Å². The summed E-state index contributed by atoms with van der Waals surface area (Å²) in [5.74, 6) is -1.65. The van der Waals surface area contributed by atoms with Crippen molar-refractivity contribution in [3.05, 3.63) is 69.3 Å². The molecule has 0 fully saturated rings. The number of benzene rings is 2. The molecule has 0 saturated heterocycles. The average molecular weight is 293 g/mol. The molecule has 0 aromatic heterocycles. The lowest BCUT2D eigenvalue weighted by molar-refractivity contribution is -0.387. The molecule has 0 amide bonds. The summed E-state index contributed by atoms with van der Waals surface area (Å²) in [6.45, 7) is -0.324. The predicted molar refractivity (Wildman–Crippen MR) is 69.2 cm³/mol. The normalized spacial score (nSPS) is 10.2. The summed E-state index contributed by atoms with van der Waals surface area (Å²) in [7, 11) is 0. The highest BCUT2D eigenvalue weighted by Gasteiger charge is 2.17. The zero-order valence-electron chi connectivity index (χ0n) is 10.6. The molecule has 2 aromatic carbocycles. The van der Waals surface area contributed by atoms with Crippen LogP contribution in [0.2, 0.25) is 0 Å². The number of halogens is 2. The van der Waals surface area contributed by atoms with Crippen molar-refractivity contribution in [2.45, 2.75) is 6.61 Å². The van der Waals surface area contributed by atoms with Crippen molar-refractivity contribution in [3.63, 3.8) is 0 Å². The molecule has 0 bridgehead atoms. The monoisotopic (exact) mass is 293 g/mol. The Morgan fingerprint density at radius 1 is 1.24 bits per heavy atom. The third-order valence-corrected chi connectivity index (χ3v) is 2.68. The molecule has 2 rings (SSSR count). The molecule has 7 heteroatoms. The van der Waals surface area contributed by atoms with Crippen molar-refractivity contribution in [2.75, 3.05) is 0 Å². The minimum Gasteiger partial charge on any atom is -0.489 e. The maximum absolute atomic E-state index is 13.8. The van der Waals surface area contributed by atoms with Crippen molar-refractivity contribution in [1.29, 1.82) is 0 Å². The van der Waals surface area contributed by atoms with E-state index in [1.54, 1.807) is 0 Å². The number of carbonyl (C=O) groups is 1. The highest BCUT2D eigenvalue weighted by molar-refractivity contribution is 5.75. The SMILES string of the molecule is O=Cc1cc(F)cc(OCc2cccc([N+](=O)[O-])c2F)c1. The maximum atomic E-state index is 13.8. The zero-order chi connectivity index (χ0) is 15.4. The first-order chi connectivity index (χ1) is 10.0. The second-order valence-electron chi connectivity index (χ2n) is 4.13. The minimum absolute atomic E-state index is 0.0306. The van der Waals surface area contributed by atoms with E-state index in [2.05, 4.69) is 0 Å². The Bertz CT molecular complexity index is 703. The van der Waals surface area contributed by atoms with Crippen molar-refractivity contribution in [3.8, 4) is 5.75 Å². The molecule has 0 atom stereocenters. The fourth-order valence-electron chi connectivity index (χ4n) is 1.72. The van der Waals surface area contributed by atoms with E-state index in [1.165, 1.54) is 18.2 Å². The average Bonchev–Trinajstić information content (AvgIpc) is 2.45. The molecule has 0 heterocycles. The predicted octanol–water partition coefficient (Wildman–Crippen LogP) is 3.26. The Labute approximate surface area is 117 Å². The lowest BCUT2D eigenvalue weighted by Gasteiger charge is -2.08. The highest BCUT2D eigenvalue weighted by atomic mass is 19.1. The smallest absolute Gasteiger partial charge is 0.305 e. The van der Waals surface area contributed by atoms with Gasteiger partial charge in [0.2, 0.25) is 5.82 Å². The van der Waals surface area contributed by atoms with E-state index < -0.39 is 22.2 Å². The Hall–Kier alpha value is -2.83. The van der Waals surface area contributed by atoms with Gasteiger partial charge < -0.3 is 4.74 Å². The van der Waals surface area contributed by atoms with Crippen LogP contribution in [0.5, 0.6) is 5.75 Å². The van der Waals surface area contributed by atoms with Crippen LogP contribution in [-0.2, 0) is 6.61 Å². The molecule has 0 spiro atoms. The van der Waals surface area contributed by atoms with Crippen molar-refractivity contribution in [1.82, 2.24) is 0 Å². The number of aldehydes is 1. The van der Waals surface area contributed by atoms with Crippen LogP contribution in [0.25, 0.3) is 0 Å². The van der Waals surface area contributed by atoms with E-state index in [4.69, 9.17) is 4.74 Å². The molecular formula is C14H9F2NO4. The Kier molecular flexibility index (Phi) is 4.22. The number of carbonyl (C=O) groups excluding carboxylic acids is 1. The van der Waals surface area contributed by atoms with Crippen LogP contribution in [0.15, 0.2) is 36.4 Å². The lowest BCUT2D eigenvalue weighted by atomic mass is 10.2. The van der Waals surface area contributed by atoms with Crippen LogP contribution in [-0.4, -0.2) is 11.2 Å². The molecule has 0 radical (unpaired) electrons. The number of ether oxygens (including phenoxy) is 1. The van der Waals surface area contributed by atoms with Crippen molar-refractivity contribution in [2.24, 2.45) is 0 Å². The van der Waals surface area contributed by atoms with Gasteiger partial charge in [0.05, 0.1) is 4.92 Å². The molecule has 21 heavy (non-hydrogen) atoms. The van der Waals surface area contributed by atoms with Gasteiger partial charge in [0, 0.05) is 23.3 Å². The van der Waals surface area contributed by atoms with Gasteiger partial charge in [-0.25, -0.2) is 4.39 Å². The Morgan fingerprint density at radius 3 is 2.67 bits per heavy atom. The fraction of sp³-hybridized carbons (Fsp3) is 0.0714. The maximum Gasteiger partial charge on any atom is 0.305 e. The Balaban J connectivity index is 2.20. The summed E-state index contributed by atoms with van der Waals surface area (Å²) in [5, 5.41) is 10.6. The van der Waals surface area contributed by atoms with E-state index in [9.17, 15) is 23.7 Å². The second-order valence-corrected chi connectivity index (χ2v) is 4.13. The zero-order valence-corrected chi connectivity index (χ0v) is 10.6. The summed E-state index contributed by atoms with van der Waals surface area (Å²) in [4.78, 5) is 20.4. The fourth-order valence-corrected chi connectivity index (χ4v) is 1.72. The summed E-state index contributed by atoms with van der Waals surface area (Å²) < 4.78 is 32.2. The quantitative estimate of drug-likeness (QED) is 0.482. The number of nitro benzene ring substituents is 1. The molecule has 0 unspecified atom stereocenters. The van der Waals surface area contributed by atoms with Gasteiger partial charge in [-0.2, -0.15) is 4.39 Å². The van der Waals surface area contributed by atoms with Gasteiger partial charge >= 0.3 is 5.69 Å². The first kappa shape index (κ1) is 14.6. The van der Waals surface area contributed by atoms with Gasteiger partial charge in [-0.05, 0) is 12.1 Å². The van der Waals surface area contributed by atoms with E-state index in [1.807, 2.05) is 0 Å². The first-order valence-corrected chi connectivity index (χ1v) is 5.81. The molecule has 5 nitrogen and oxygen atoms in total. The Morgan fingerprint density at radius 2 is 2.00 bits per heavy atom. The van der Waals surface area contributed by atoms with Gasteiger partial charge in [0.25, 0.3) is 0 Å². The molecule has 0 aliphatic heterocycles. The van der Waals surface area contributed by atoms with Crippen LogP contribution < -0.4 is 4.74 Å². The van der Waals surface area contributed by atoms with Crippen molar-refractivity contribution >= 4 is 12.0 Å². The largest absolute Gasteiger partial charge is 0.489 e. The van der Waals surface area contributed by atoms with Gasteiger partial charge in [-0.1, -0.05) is 12.1 Å². The highest BCUT2D eigenvalue weighted by Crippen LogP contribution is 2.22. The molecule has 2 aromatic rings. The minimum atomic E-state index is -1.01. The number of nitro groups is 1. The number of hydrogen-bond acceptors (Lipinski definition) is 4. The van der Waals surface area contributed by atoms with Gasteiger partial charge in [-0.15, -0.1) is 0 Å². The number of rotatable bonds is 5. The lowest BCUT2D eigenvalue weighted by Crippen LogP contribution is -2.02. The van der Waals surface area contributed by atoms with E-state index in [0.29, 0.717) is 6.29 Å². The van der Waals surface area contributed by atoms with Crippen LogP contribution in [0.1, 0.15) is 15.9 Å². The van der Waals surface area contributed by atoms with Crippen LogP contribution in [0, 0.1) is 21.7 Å². The molecule has 0 aliphatic rings. The third kappa shape index (κ3) is 3.38. The van der Waals surface area contributed by atoms with Gasteiger partial charge in [0.15, 0.2) is 0 Å². The molecular weight excluding hydrogens is 284 g/mol. The van der Waals surface area contributed by atoms with Crippen LogP contribution >= 0.6 is 0 Å². The third-order valence-electron chi connectivity index (χ3n) is 2.68. The summed E-state index contributed by atoms with van der Waals surface area (Å²) in [6.07, 6.45) is 0.448. The molecule has 0 aliphatic carbocycles. The first-order valence-electron chi connectivity index (χ1n) is 5.81. The van der Waals surface area contributed by atoms with Gasteiger partial charge in [0.1, 0.15) is 24.5 Å². The number of hydrogen-bond donors (Lipinski definition) is 0. The molecule has 0 saturated carbocycles. The standard InChI is InChI=1S/C14H9F2NO4/c15-11-4-9(7-18)5-12(6-11)21-8-10-2-1-3-13(14(10)16)17(19)20/h1-7H,8H2. The summed E-state index contributed by atoms with van der Waals surface area (Å²) in [6, 6.07) is 7.01. The van der Waals surface area contributed by atoms with Crippen molar-refractivity contribution < 1.29 is 23.2 Å². The topological polar surface area (TPSA) is 69.4 Å². The summed E-state index contributed by atoms with van der Waals surface area (Å²) in [5.41, 5.74) is -0.630. The van der Waals surface area contributed by atoms with Crippen LogP contribution in [0.3, 0.4) is 0 Å². The van der Waals surface area contributed by atoms with Gasteiger partial charge in [-0.3, -0.25) is 14.9 Å². The molecule has 0 N–H and O–H groups in total. The summed E-state index contributed by atoms with van der Waals surface area (Å²) >= 11 is 0. The van der Waals surface area contributed by atoms with E-state index in [0.717, 1.165) is 18.2 Å². The number of nitrogens with zero attached hydrogens (tertiary/aromatic N) is 1. The molecule has 108 valence electrons. The second kappa shape index (κ2) is 6.08. The van der Waals surface area contributed by atoms with E-state index in [-0.39, 0.29) is 23.5 Å².